The van der Waals surface area contributed by atoms with E-state index < -0.39 is 0 Å². The first-order valence-electron chi connectivity index (χ1n) is 8.29. The van der Waals surface area contributed by atoms with Gasteiger partial charge in [-0.1, -0.05) is 0 Å². The zero-order chi connectivity index (χ0) is 14.0. The van der Waals surface area contributed by atoms with Crippen LogP contribution in [0.3, 0.4) is 0 Å². The summed E-state index contributed by atoms with van der Waals surface area (Å²) >= 11 is 0. The van der Waals surface area contributed by atoms with E-state index in [2.05, 4.69) is 6.92 Å². The van der Waals surface area contributed by atoms with E-state index in [4.69, 9.17) is 19.9 Å². The van der Waals surface area contributed by atoms with Gasteiger partial charge < -0.3 is 19.9 Å². The third-order valence-electron chi connectivity index (χ3n) is 5.40. The van der Waals surface area contributed by atoms with Gasteiger partial charge in [-0.25, -0.2) is 0 Å². The van der Waals surface area contributed by atoms with E-state index in [1.807, 2.05) is 0 Å². The molecule has 0 aromatic heterocycles. The van der Waals surface area contributed by atoms with Crippen LogP contribution in [-0.4, -0.2) is 44.2 Å². The molecule has 0 aromatic carbocycles. The Bertz CT molecular complexity index is 311. The van der Waals surface area contributed by atoms with Crippen LogP contribution in [0.5, 0.6) is 0 Å². The molecule has 3 fully saturated rings. The first-order valence-corrected chi connectivity index (χ1v) is 8.29. The maximum atomic E-state index is 6.49. The second-order valence-corrected chi connectivity index (χ2v) is 6.90. The van der Waals surface area contributed by atoms with Gasteiger partial charge in [-0.3, -0.25) is 0 Å². The van der Waals surface area contributed by atoms with Crippen molar-refractivity contribution in [3.63, 3.8) is 0 Å². The van der Waals surface area contributed by atoms with Gasteiger partial charge in [-0.2, -0.15) is 0 Å². The minimum atomic E-state index is -0.00595. The van der Waals surface area contributed by atoms with Gasteiger partial charge in [-0.15, -0.1) is 0 Å². The number of ether oxygens (including phenoxy) is 3. The zero-order valence-electron chi connectivity index (χ0n) is 12.7. The molecule has 1 spiro atoms. The average Bonchev–Trinajstić information content (AvgIpc) is 2.84. The van der Waals surface area contributed by atoms with Crippen molar-refractivity contribution in [2.24, 2.45) is 17.6 Å². The molecule has 3 atom stereocenters. The van der Waals surface area contributed by atoms with Crippen LogP contribution in [0, 0.1) is 11.8 Å². The monoisotopic (exact) mass is 283 g/mol. The van der Waals surface area contributed by atoms with Crippen LogP contribution in [0.1, 0.15) is 45.4 Å². The summed E-state index contributed by atoms with van der Waals surface area (Å²) in [5, 5.41) is 0. The number of hydrogen-bond acceptors (Lipinski definition) is 4. The summed E-state index contributed by atoms with van der Waals surface area (Å²) < 4.78 is 17.2. The standard InChI is InChI=1S/C16H29NO3/c1-2-19-14-7-12(8-14)9-15(17)13-3-5-20-16(10-13)4-6-18-11-16/h12-15H,2-11,17H2,1H3. The summed E-state index contributed by atoms with van der Waals surface area (Å²) in [7, 11) is 0. The highest BCUT2D eigenvalue weighted by Gasteiger charge is 2.43. The molecule has 1 aliphatic carbocycles. The van der Waals surface area contributed by atoms with Crippen molar-refractivity contribution in [2.75, 3.05) is 26.4 Å². The van der Waals surface area contributed by atoms with Crippen molar-refractivity contribution in [1.82, 2.24) is 0 Å². The second kappa shape index (κ2) is 6.30. The minimum absolute atomic E-state index is 0.00595. The second-order valence-electron chi connectivity index (χ2n) is 6.90. The van der Waals surface area contributed by atoms with E-state index in [0.717, 1.165) is 58.0 Å². The molecule has 2 aliphatic heterocycles. The molecule has 3 unspecified atom stereocenters. The van der Waals surface area contributed by atoms with E-state index in [1.54, 1.807) is 0 Å². The van der Waals surface area contributed by atoms with Crippen molar-refractivity contribution in [1.29, 1.82) is 0 Å². The van der Waals surface area contributed by atoms with Crippen LogP contribution in [0.25, 0.3) is 0 Å². The molecule has 116 valence electrons. The Labute approximate surface area is 122 Å². The van der Waals surface area contributed by atoms with Gasteiger partial charge >= 0.3 is 0 Å². The molecule has 3 rings (SSSR count). The highest BCUT2D eigenvalue weighted by Crippen LogP contribution is 2.40. The van der Waals surface area contributed by atoms with Crippen molar-refractivity contribution in [2.45, 2.75) is 63.2 Å². The quantitative estimate of drug-likeness (QED) is 0.839. The molecule has 0 bridgehead atoms. The van der Waals surface area contributed by atoms with Crippen LogP contribution in [-0.2, 0) is 14.2 Å². The molecule has 20 heavy (non-hydrogen) atoms. The maximum Gasteiger partial charge on any atom is 0.0939 e. The molecular weight excluding hydrogens is 254 g/mol. The average molecular weight is 283 g/mol. The fraction of sp³-hybridized carbons (Fsp3) is 1.00. The minimum Gasteiger partial charge on any atom is -0.378 e. The molecular formula is C16H29NO3. The molecule has 0 radical (unpaired) electrons. The summed E-state index contributed by atoms with van der Waals surface area (Å²) in [6.45, 7) is 5.39. The summed E-state index contributed by atoms with van der Waals surface area (Å²) in [6, 6.07) is 0.323. The predicted molar refractivity (Wildman–Crippen MR) is 77.6 cm³/mol. The predicted octanol–water partition coefficient (Wildman–Crippen LogP) is 2.10. The molecule has 2 N–H and O–H groups in total. The topological polar surface area (TPSA) is 53.7 Å². The molecule has 3 aliphatic rings. The smallest absolute Gasteiger partial charge is 0.0939 e. The molecule has 1 saturated carbocycles. The highest BCUT2D eigenvalue weighted by atomic mass is 16.6. The number of hydrogen-bond donors (Lipinski definition) is 1. The third-order valence-corrected chi connectivity index (χ3v) is 5.40. The van der Waals surface area contributed by atoms with Crippen LogP contribution in [0.2, 0.25) is 0 Å². The third kappa shape index (κ3) is 3.19. The number of rotatable bonds is 5. The fourth-order valence-electron chi connectivity index (χ4n) is 4.11. The Morgan fingerprint density at radius 2 is 2.20 bits per heavy atom. The van der Waals surface area contributed by atoms with Crippen LogP contribution in [0.15, 0.2) is 0 Å². The van der Waals surface area contributed by atoms with Gasteiger partial charge in [0.05, 0.1) is 18.3 Å². The Morgan fingerprint density at radius 3 is 2.90 bits per heavy atom. The van der Waals surface area contributed by atoms with Crippen LogP contribution < -0.4 is 5.73 Å². The Kier molecular flexibility index (Phi) is 4.65. The summed E-state index contributed by atoms with van der Waals surface area (Å²) in [6.07, 6.45) is 7.33. The van der Waals surface area contributed by atoms with Crippen molar-refractivity contribution in [3.05, 3.63) is 0 Å². The normalized spacial score (nSPS) is 42.6. The molecule has 2 heterocycles. The van der Waals surface area contributed by atoms with Crippen LogP contribution in [0.4, 0.5) is 0 Å². The van der Waals surface area contributed by atoms with Gasteiger partial charge in [0.25, 0.3) is 0 Å². The van der Waals surface area contributed by atoms with E-state index in [0.29, 0.717) is 18.1 Å². The molecule has 0 aromatic rings. The van der Waals surface area contributed by atoms with E-state index in [1.165, 1.54) is 12.8 Å². The van der Waals surface area contributed by atoms with Gasteiger partial charge in [0, 0.05) is 32.3 Å². The Hall–Kier alpha value is -0.160. The van der Waals surface area contributed by atoms with Crippen molar-refractivity contribution >= 4 is 0 Å². The van der Waals surface area contributed by atoms with Gasteiger partial charge in [-0.05, 0) is 50.9 Å². The highest BCUT2D eigenvalue weighted by molar-refractivity contribution is 4.94. The summed E-state index contributed by atoms with van der Waals surface area (Å²) in [5.74, 6) is 1.39. The van der Waals surface area contributed by atoms with Crippen LogP contribution >= 0.6 is 0 Å². The van der Waals surface area contributed by atoms with E-state index in [-0.39, 0.29) is 5.60 Å². The fourth-order valence-corrected chi connectivity index (χ4v) is 4.11. The molecule has 4 nitrogen and oxygen atoms in total. The summed E-state index contributed by atoms with van der Waals surface area (Å²) in [4.78, 5) is 0. The molecule has 2 saturated heterocycles. The first-order chi connectivity index (χ1) is 9.71. The van der Waals surface area contributed by atoms with E-state index in [9.17, 15) is 0 Å². The first kappa shape index (κ1) is 14.8. The molecule has 4 heteroatoms. The zero-order valence-corrected chi connectivity index (χ0v) is 12.7. The number of nitrogens with two attached hydrogens (primary N) is 1. The summed E-state index contributed by atoms with van der Waals surface area (Å²) in [5.41, 5.74) is 6.49. The van der Waals surface area contributed by atoms with Crippen molar-refractivity contribution < 1.29 is 14.2 Å². The van der Waals surface area contributed by atoms with Gasteiger partial charge in [0.1, 0.15) is 0 Å². The maximum absolute atomic E-state index is 6.49. The van der Waals surface area contributed by atoms with Gasteiger partial charge in [0.2, 0.25) is 0 Å². The Balaban J connectivity index is 1.44. The Morgan fingerprint density at radius 1 is 1.35 bits per heavy atom. The van der Waals surface area contributed by atoms with E-state index >= 15 is 0 Å². The SMILES string of the molecule is CCOC1CC(CC(N)C2CCOC3(CCOC3)C2)C1. The van der Waals surface area contributed by atoms with Crippen molar-refractivity contribution in [3.8, 4) is 0 Å². The molecule has 0 amide bonds. The lowest BCUT2D eigenvalue weighted by Gasteiger charge is -2.42. The lowest BCUT2D eigenvalue weighted by atomic mass is 9.73. The van der Waals surface area contributed by atoms with Gasteiger partial charge in [0.15, 0.2) is 0 Å². The largest absolute Gasteiger partial charge is 0.378 e. The lowest BCUT2D eigenvalue weighted by Crippen LogP contribution is -2.47. The lowest BCUT2D eigenvalue weighted by molar-refractivity contribution is -0.104.